The van der Waals surface area contributed by atoms with Gasteiger partial charge < -0.3 is 20.3 Å². The van der Waals surface area contributed by atoms with Gasteiger partial charge in [-0.05, 0) is 24.1 Å². The number of para-hydroxylation sites is 1. The van der Waals surface area contributed by atoms with Crippen LogP contribution in [-0.4, -0.2) is 72.4 Å². The number of benzene rings is 2. The molecule has 186 valence electrons. The Balaban J connectivity index is 1.42. The molecule has 0 radical (unpaired) electrons. The number of hydrogen-bond donors (Lipinski definition) is 2. The van der Waals surface area contributed by atoms with Crippen molar-refractivity contribution in [3.63, 3.8) is 0 Å². The van der Waals surface area contributed by atoms with Crippen molar-refractivity contribution in [2.75, 3.05) is 39.3 Å². The van der Waals surface area contributed by atoms with Crippen LogP contribution in [0.2, 0.25) is 0 Å². The van der Waals surface area contributed by atoms with Gasteiger partial charge in [0.05, 0.1) is 24.7 Å². The first-order chi connectivity index (χ1) is 16.9. The summed E-state index contributed by atoms with van der Waals surface area (Å²) < 4.78 is 5.64. The number of piperidine rings is 1. The minimum atomic E-state index is -0.505. The number of ether oxygens (including phenoxy) is 1. The monoisotopic (exact) mass is 478 g/mol. The predicted molar refractivity (Wildman–Crippen MR) is 133 cm³/mol. The molecule has 8 heteroatoms. The summed E-state index contributed by atoms with van der Waals surface area (Å²) in [5.74, 6) is 0.569. The summed E-state index contributed by atoms with van der Waals surface area (Å²) in [5, 5.41) is 6.13. The summed E-state index contributed by atoms with van der Waals surface area (Å²) >= 11 is 0. The fourth-order valence-electron chi connectivity index (χ4n) is 5.50. The van der Waals surface area contributed by atoms with Crippen LogP contribution in [0.5, 0.6) is 5.75 Å². The Kier molecular flexibility index (Phi) is 7.70. The highest BCUT2D eigenvalue weighted by molar-refractivity contribution is 5.78. The van der Waals surface area contributed by atoms with Crippen LogP contribution in [0.25, 0.3) is 0 Å². The van der Waals surface area contributed by atoms with E-state index in [2.05, 4.69) is 15.5 Å². The van der Waals surface area contributed by atoms with E-state index in [1.54, 1.807) is 6.92 Å². The standard InChI is InChI=1S/C27H34N4O4/c1-20(32)29-27-13-15-30(18-25(34)28-14-16-35-23-11-7-4-8-12-23)17-24(27)26(31(19-27)21(2)33)22-9-5-3-6-10-22/h3-12,24,26H,13-19H2,1-2H3,(H,28,34)(H,29,32)/t24-,26-,27-/m1/s1. The molecule has 3 atom stereocenters. The fourth-order valence-corrected chi connectivity index (χ4v) is 5.50. The van der Waals surface area contributed by atoms with Crippen LogP contribution >= 0.6 is 0 Å². The first kappa shape index (κ1) is 24.7. The van der Waals surface area contributed by atoms with Gasteiger partial charge in [-0.2, -0.15) is 0 Å². The van der Waals surface area contributed by atoms with Gasteiger partial charge in [0.2, 0.25) is 17.7 Å². The first-order valence-corrected chi connectivity index (χ1v) is 12.2. The second-order valence-corrected chi connectivity index (χ2v) is 9.44. The minimum absolute atomic E-state index is 0.0133. The molecule has 0 saturated carbocycles. The Labute approximate surface area is 206 Å². The van der Waals surface area contributed by atoms with Crippen LogP contribution in [0, 0.1) is 5.92 Å². The third kappa shape index (κ3) is 5.82. The third-order valence-corrected chi connectivity index (χ3v) is 6.98. The molecule has 8 nitrogen and oxygen atoms in total. The second kappa shape index (κ2) is 10.9. The Morgan fingerprint density at radius 1 is 1.03 bits per heavy atom. The normalized spacial score (nSPS) is 23.9. The number of amides is 3. The van der Waals surface area contributed by atoms with Crippen LogP contribution in [0.15, 0.2) is 60.7 Å². The molecule has 2 aromatic rings. The number of carbonyl (C=O) groups is 3. The Bertz CT molecular complexity index is 1030. The topological polar surface area (TPSA) is 91.0 Å². The zero-order valence-corrected chi connectivity index (χ0v) is 20.4. The molecular formula is C27H34N4O4. The van der Waals surface area contributed by atoms with Gasteiger partial charge in [-0.3, -0.25) is 19.3 Å². The molecule has 2 N–H and O–H groups in total. The molecule has 0 spiro atoms. The van der Waals surface area contributed by atoms with Crippen LogP contribution in [-0.2, 0) is 14.4 Å². The van der Waals surface area contributed by atoms with Crippen molar-refractivity contribution in [1.29, 1.82) is 0 Å². The van der Waals surface area contributed by atoms with Crippen LogP contribution in [0.4, 0.5) is 0 Å². The molecule has 0 bridgehead atoms. The molecular weight excluding hydrogens is 444 g/mol. The molecule has 2 saturated heterocycles. The first-order valence-electron chi connectivity index (χ1n) is 12.2. The summed E-state index contributed by atoms with van der Waals surface area (Å²) in [5.41, 5.74) is 0.540. The maximum absolute atomic E-state index is 12.7. The zero-order chi connectivity index (χ0) is 24.8. The van der Waals surface area contributed by atoms with E-state index in [-0.39, 0.29) is 36.2 Å². The van der Waals surface area contributed by atoms with Gasteiger partial charge in [0.15, 0.2) is 0 Å². The van der Waals surface area contributed by atoms with Gasteiger partial charge in [0.1, 0.15) is 12.4 Å². The minimum Gasteiger partial charge on any atom is -0.492 e. The number of likely N-dealkylation sites (tertiary alicyclic amines) is 2. The molecule has 2 aromatic carbocycles. The van der Waals surface area contributed by atoms with Crippen molar-refractivity contribution < 1.29 is 19.1 Å². The summed E-state index contributed by atoms with van der Waals surface area (Å²) in [7, 11) is 0. The van der Waals surface area contributed by atoms with Crippen LogP contribution in [0.1, 0.15) is 31.9 Å². The summed E-state index contributed by atoms with van der Waals surface area (Å²) in [6.45, 7) is 5.94. The summed E-state index contributed by atoms with van der Waals surface area (Å²) in [4.78, 5) is 41.5. The Morgan fingerprint density at radius 3 is 2.37 bits per heavy atom. The highest BCUT2D eigenvalue weighted by Crippen LogP contribution is 2.47. The van der Waals surface area contributed by atoms with Crippen molar-refractivity contribution in [3.05, 3.63) is 66.2 Å². The summed E-state index contributed by atoms with van der Waals surface area (Å²) in [6.07, 6.45) is 0.675. The van der Waals surface area contributed by atoms with Gasteiger partial charge in [-0.25, -0.2) is 0 Å². The molecule has 4 rings (SSSR count). The molecule has 2 heterocycles. The van der Waals surface area contributed by atoms with E-state index in [1.165, 1.54) is 6.92 Å². The number of carbonyl (C=O) groups excluding carboxylic acids is 3. The van der Waals surface area contributed by atoms with E-state index in [0.717, 1.165) is 11.3 Å². The fraction of sp³-hybridized carbons (Fsp3) is 0.444. The number of nitrogens with one attached hydrogen (secondary N) is 2. The summed E-state index contributed by atoms with van der Waals surface area (Å²) in [6, 6.07) is 19.3. The largest absolute Gasteiger partial charge is 0.492 e. The van der Waals surface area contributed by atoms with Crippen molar-refractivity contribution in [2.45, 2.75) is 31.8 Å². The lowest BCUT2D eigenvalue weighted by atomic mass is 9.75. The molecule has 2 fully saturated rings. The van der Waals surface area contributed by atoms with Gasteiger partial charge in [-0.15, -0.1) is 0 Å². The Morgan fingerprint density at radius 2 is 1.71 bits per heavy atom. The smallest absolute Gasteiger partial charge is 0.234 e. The van der Waals surface area contributed by atoms with E-state index in [0.29, 0.717) is 39.2 Å². The molecule has 0 aliphatic carbocycles. The Hall–Kier alpha value is -3.39. The third-order valence-electron chi connectivity index (χ3n) is 6.98. The van der Waals surface area contributed by atoms with Gasteiger partial charge in [-0.1, -0.05) is 48.5 Å². The van der Waals surface area contributed by atoms with E-state index in [4.69, 9.17) is 4.74 Å². The lowest BCUT2D eigenvalue weighted by molar-refractivity contribution is -0.130. The predicted octanol–water partition coefficient (Wildman–Crippen LogP) is 1.98. The number of hydrogen-bond acceptors (Lipinski definition) is 5. The van der Waals surface area contributed by atoms with Crippen LogP contribution < -0.4 is 15.4 Å². The van der Waals surface area contributed by atoms with Gasteiger partial charge >= 0.3 is 0 Å². The lowest BCUT2D eigenvalue weighted by Crippen LogP contribution is -2.61. The zero-order valence-electron chi connectivity index (χ0n) is 20.4. The highest BCUT2D eigenvalue weighted by atomic mass is 16.5. The number of nitrogens with zero attached hydrogens (tertiary/aromatic N) is 2. The molecule has 2 aliphatic heterocycles. The highest BCUT2D eigenvalue weighted by Gasteiger charge is 2.56. The van der Waals surface area contributed by atoms with E-state index >= 15 is 0 Å². The van der Waals surface area contributed by atoms with Crippen LogP contribution in [0.3, 0.4) is 0 Å². The SMILES string of the molecule is CC(=O)N[C@@]12CCN(CC(=O)NCCOc3ccccc3)C[C@@H]1[C@@H](c1ccccc1)N(C(C)=O)C2. The molecule has 35 heavy (non-hydrogen) atoms. The molecule has 0 unspecified atom stereocenters. The van der Waals surface area contributed by atoms with Crippen molar-refractivity contribution in [3.8, 4) is 5.75 Å². The van der Waals surface area contributed by atoms with Crippen molar-refractivity contribution in [2.24, 2.45) is 5.92 Å². The number of fused-ring (bicyclic) bond motifs is 1. The van der Waals surface area contributed by atoms with E-state index in [9.17, 15) is 14.4 Å². The van der Waals surface area contributed by atoms with E-state index < -0.39 is 5.54 Å². The van der Waals surface area contributed by atoms with Gasteiger partial charge in [0.25, 0.3) is 0 Å². The maximum Gasteiger partial charge on any atom is 0.234 e. The van der Waals surface area contributed by atoms with E-state index in [1.807, 2.05) is 65.6 Å². The lowest BCUT2D eigenvalue weighted by Gasteiger charge is -2.44. The molecule has 2 aliphatic rings. The quantitative estimate of drug-likeness (QED) is 0.567. The molecule has 0 aromatic heterocycles. The average Bonchev–Trinajstić information content (AvgIpc) is 3.17. The van der Waals surface area contributed by atoms with Crippen molar-refractivity contribution >= 4 is 17.7 Å². The average molecular weight is 479 g/mol. The second-order valence-electron chi connectivity index (χ2n) is 9.44. The molecule has 3 amide bonds. The van der Waals surface area contributed by atoms with Gasteiger partial charge in [0, 0.05) is 39.4 Å². The maximum atomic E-state index is 12.7. The van der Waals surface area contributed by atoms with Crippen molar-refractivity contribution in [1.82, 2.24) is 20.4 Å². The number of rotatable bonds is 8.